The molecule has 4 nitrogen and oxygen atoms in total. The minimum Gasteiger partial charge on any atom is -0.394 e. The first-order valence-corrected chi connectivity index (χ1v) is 9.01. The van der Waals surface area contributed by atoms with Crippen LogP contribution in [0, 0.1) is 27.7 Å². The Morgan fingerprint density at radius 2 is 1.52 bits per heavy atom. The molecular formula is C18H23NO3S. The van der Waals surface area contributed by atoms with Gasteiger partial charge in [-0.15, -0.1) is 0 Å². The Morgan fingerprint density at radius 3 is 2.00 bits per heavy atom. The predicted octanol–water partition coefficient (Wildman–Crippen LogP) is 2.93. The largest absolute Gasteiger partial charge is 0.394 e. The van der Waals surface area contributed by atoms with E-state index in [0.717, 1.165) is 27.8 Å². The second-order valence-electron chi connectivity index (χ2n) is 5.86. The van der Waals surface area contributed by atoms with Gasteiger partial charge in [-0.3, -0.25) is 0 Å². The average molecular weight is 333 g/mol. The summed E-state index contributed by atoms with van der Waals surface area (Å²) in [6.45, 7) is 7.13. The SMILES string of the molecule is Cc1cc(C)c(C)c(S(=O)(=O)NC(CO)c2ccccc2)c1C. The summed E-state index contributed by atoms with van der Waals surface area (Å²) < 4.78 is 28.4. The van der Waals surface area contributed by atoms with Gasteiger partial charge in [-0.1, -0.05) is 36.4 Å². The minimum atomic E-state index is -3.74. The average Bonchev–Trinajstić information content (AvgIpc) is 2.51. The molecule has 1 unspecified atom stereocenters. The summed E-state index contributed by atoms with van der Waals surface area (Å²) in [5, 5.41) is 9.61. The van der Waals surface area contributed by atoms with E-state index in [9.17, 15) is 13.5 Å². The van der Waals surface area contributed by atoms with Crippen molar-refractivity contribution in [1.29, 1.82) is 0 Å². The third-order valence-electron chi connectivity index (χ3n) is 4.25. The monoisotopic (exact) mass is 333 g/mol. The van der Waals surface area contributed by atoms with Crippen LogP contribution in [0.4, 0.5) is 0 Å². The zero-order chi connectivity index (χ0) is 17.2. The highest BCUT2D eigenvalue weighted by Crippen LogP contribution is 2.27. The number of aliphatic hydroxyl groups is 1. The van der Waals surface area contributed by atoms with E-state index in [4.69, 9.17) is 0 Å². The van der Waals surface area contributed by atoms with Crippen molar-refractivity contribution in [3.8, 4) is 0 Å². The molecule has 0 saturated carbocycles. The Bertz CT molecular complexity index is 773. The first-order chi connectivity index (χ1) is 10.8. The third-order valence-corrected chi connectivity index (χ3v) is 5.99. The maximum absolute atomic E-state index is 12.9. The van der Waals surface area contributed by atoms with E-state index in [1.165, 1.54) is 0 Å². The maximum atomic E-state index is 12.9. The maximum Gasteiger partial charge on any atom is 0.241 e. The van der Waals surface area contributed by atoms with Crippen molar-refractivity contribution in [2.45, 2.75) is 38.6 Å². The summed E-state index contributed by atoms with van der Waals surface area (Å²) in [6, 6.07) is 10.4. The van der Waals surface area contributed by atoms with Crippen molar-refractivity contribution in [3.05, 3.63) is 64.2 Å². The van der Waals surface area contributed by atoms with Gasteiger partial charge in [-0.2, -0.15) is 0 Å². The lowest BCUT2D eigenvalue weighted by Crippen LogP contribution is -2.32. The highest BCUT2D eigenvalue weighted by atomic mass is 32.2. The highest BCUT2D eigenvalue weighted by Gasteiger charge is 2.25. The van der Waals surface area contributed by atoms with Crippen LogP contribution in [0.5, 0.6) is 0 Å². The number of sulfonamides is 1. The molecule has 2 aromatic rings. The van der Waals surface area contributed by atoms with Gasteiger partial charge in [0.15, 0.2) is 0 Å². The van der Waals surface area contributed by atoms with Crippen LogP contribution in [-0.2, 0) is 10.0 Å². The van der Waals surface area contributed by atoms with Crippen LogP contribution in [0.25, 0.3) is 0 Å². The molecule has 0 aromatic heterocycles. The molecule has 2 aromatic carbocycles. The van der Waals surface area contributed by atoms with Gasteiger partial charge in [-0.05, 0) is 55.5 Å². The Labute approximate surface area is 138 Å². The van der Waals surface area contributed by atoms with Crippen LogP contribution in [0.15, 0.2) is 41.3 Å². The lowest BCUT2D eigenvalue weighted by atomic mass is 10.0. The predicted molar refractivity (Wildman–Crippen MR) is 92.0 cm³/mol. The molecule has 0 amide bonds. The molecular weight excluding hydrogens is 310 g/mol. The van der Waals surface area contributed by atoms with Crippen LogP contribution in [0.2, 0.25) is 0 Å². The standard InChI is InChI=1S/C18H23NO3S/c1-12-10-13(2)15(4)18(14(12)3)23(21,22)19-17(11-20)16-8-6-5-7-9-16/h5-10,17,19-20H,11H2,1-4H3. The molecule has 0 heterocycles. The van der Waals surface area contributed by atoms with Gasteiger partial charge in [0.25, 0.3) is 0 Å². The number of nitrogens with one attached hydrogen (secondary N) is 1. The van der Waals surface area contributed by atoms with Gasteiger partial charge in [-0.25, -0.2) is 13.1 Å². The Balaban J connectivity index is 2.47. The van der Waals surface area contributed by atoms with E-state index < -0.39 is 16.1 Å². The van der Waals surface area contributed by atoms with Gasteiger partial charge < -0.3 is 5.11 Å². The Kier molecular flexibility index (Phi) is 5.24. The number of hydrogen-bond acceptors (Lipinski definition) is 3. The summed E-state index contributed by atoms with van der Waals surface area (Å²) in [4.78, 5) is 0.310. The van der Waals surface area contributed by atoms with E-state index in [1.54, 1.807) is 12.1 Å². The number of hydrogen-bond donors (Lipinski definition) is 2. The van der Waals surface area contributed by atoms with Crippen molar-refractivity contribution in [3.63, 3.8) is 0 Å². The summed E-state index contributed by atoms with van der Waals surface area (Å²) in [5.41, 5.74) is 4.09. The third kappa shape index (κ3) is 3.63. The van der Waals surface area contributed by atoms with E-state index >= 15 is 0 Å². The van der Waals surface area contributed by atoms with E-state index in [0.29, 0.717) is 4.90 Å². The van der Waals surface area contributed by atoms with Crippen molar-refractivity contribution < 1.29 is 13.5 Å². The van der Waals surface area contributed by atoms with Crippen LogP contribution in [0.3, 0.4) is 0 Å². The molecule has 0 saturated heterocycles. The summed E-state index contributed by atoms with van der Waals surface area (Å²) >= 11 is 0. The lowest BCUT2D eigenvalue weighted by molar-refractivity contribution is 0.259. The number of rotatable bonds is 5. The molecule has 1 atom stereocenters. The normalized spacial score (nSPS) is 13.1. The first-order valence-electron chi connectivity index (χ1n) is 7.53. The minimum absolute atomic E-state index is 0.299. The number of benzene rings is 2. The van der Waals surface area contributed by atoms with Crippen molar-refractivity contribution in [1.82, 2.24) is 4.72 Å². The molecule has 2 N–H and O–H groups in total. The Hall–Kier alpha value is -1.69. The van der Waals surface area contributed by atoms with Gasteiger partial charge in [0.05, 0.1) is 17.5 Å². The molecule has 0 bridgehead atoms. The summed E-state index contributed by atoms with van der Waals surface area (Å²) in [6.07, 6.45) is 0. The molecule has 2 rings (SSSR count). The molecule has 0 aliphatic heterocycles. The van der Waals surface area contributed by atoms with Gasteiger partial charge in [0.1, 0.15) is 0 Å². The number of aliphatic hydroxyl groups excluding tert-OH is 1. The molecule has 124 valence electrons. The van der Waals surface area contributed by atoms with E-state index in [1.807, 2.05) is 52.0 Å². The first kappa shape index (κ1) is 17.7. The fraction of sp³-hybridized carbons (Fsp3) is 0.333. The molecule has 23 heavy (non-hydrogen) atoms. The van der Waals surface area contributed by atoms with Crippen molar-refractivity contribution in [2.75, 3.05) is 6.61 Å². The zero-order valence-corrected chi connectivity index (χ0v) is 14.7. The second kappa shape index (κ2) is 6.83. The fourth-order valence-corrected chi connectivity index (χ4v) is 4.56. The second-order valence-corrected chi connectivity index (χ2v) is 7.51. The van der Waals surface area contributed by atoms with Crippen molar-refractivity contribution in [2.24, 2.45) is 0 Å². The van der Waals surface area contributed by atoms with Crippen LogP contribution >= 0.6 is 0 Å². The topological polar surface area (TPSA) is 66.4 Å². The van der Waals surface area contributed by atoms with Crippen LogP contribution in [0.1, 0.15) is 33.9 Å². The lowest BCUT2D eigenvalue weighted by Gasteiger charge is -2.20. The Morgan fingerprint density at radius 1 is 1.00 bits per heavy atom. The van der Waals surface area contributed by atoms with E-state index in [2.05, 4.69) is 4.72 Å². The fourth-order valence-electron chi connectivity index (χ4n) is 2.73. The molecule has 0 radical (unpaired) electrons. The smallest absolute Gasteiger partial charge is 0.241 e. The summed E-state index contributed by atoms with van der Waals surface area (Å²) in [5.74, 6) is 0. The van der Waals surface area contributed by atoms with Gasteiger partial charge in [0.2, 0.25) is 10.0 Å². The van der Waals surface area contributed by atoms with Gasteiger partial charge >= 0.3 is 0 Å². The zero-order valence-electron chi connectivity index (χ0n) is 13.9. The summed E-state index contributed by atoms with van der Waals surface area (Å²) in [7, 11) is -3.74. The van der Waals surface area contributed by atoms with Crippen molar-refractivity contribution >= 4 is 10.0 Å². The van der Waals surface area contributed by atoms with Gasteiger partial charge in [0, 0.05) is 0 Å². The molecule has 0 fully saturated rings. The van der Waals surface area contributed by atoms with Crippen LogP contribution < -0.4 is 4.72 Å². The van der Waals surface area contributed by atoms with E-state index in [-0.39, 0.29) is 6.61 Å². The quantitative estimate of drug-likeness (QED) is 0.884. The number of aryl methyl sites for hydroxylation is 2. The molecule has 5 heteroatoms. The molecule has 0 aliphatic rings. The molecule has 0 spiro atoms. The van der Waals surface area contributed by atoms with Crippen LogP contribution in [-0.4, -0.2) is 20.1 Å². The highest BCUT2D eigenvalue weighted by molar-refractivity contribution is 7.89. The molecule has 0 aliphatic carbocycles.